The van der Waals surface area contributed by atoms with Crippen LogP contribution in [0.2, 0.25) is 0 Å². The molecule has 0 fully saturated rings. The number of hydrogen-bond donors (Lipinski definition) is 0. The van der Waals surface area contributed by atoms with Crippen molar-refractivity contribution in [3.05, 3.63) is 281 Å². The molecule has 0 saturated carbocycles. The molecule has 8 rings (SSSR count). The molecule has 0 aliphatic carbocycles. The molecule has 2 radical (unpaired) electrons. The van der Waals surface area contributed by atoms with E-state index < -0.39 is 12.3 Å². The minimum atomic E-state index is -1.22. The summed E-state index contributed by atoms with van der Waals surface area (Å²) in [5.74, 6) is 3.19. The second-order valence-electron chi connectivity index (χ2n) is 24.1. The van der Waals surface area contributed by atoms with Crippen LogP contribution in [0.15, 0.2) is 243 Å². The molecule has 536 valence electrons. The molecule has 8 aromatic rings. The molecule has 0 aliphatic rings. The zero-order chi connectivity index (χ0) is 74.4. The van der Waals surface area contributed by atoms with E-state index in [1.54, 1.807) is 102 Å². The van der Waals surface area contributed by atoms with Crippen LogP contribution in [0.25, 0.3) is 0 Å². The van der Waals surface area contributed by atoms with Crippen LogP contribution >= 0.6 is 154 Å². The maximum atomic E-state index is 5.94. The topological polar surface area (TPSA) is 0 Å². The minimum absolute atomic E-state index is 0. The predicted molar refractivity (Wildman–Crippen MR) is 508 cm³/mol. The Morgan fingerprint density at radius 3 is 0.350 bits per heavy atom. The molecule has 0 aliphatic heterocycles. The van der Waals surface area contributed by atoms with Crippen LogP contribution in [0, 0.1) is 66.1 Å². The van der Waals surface area contributed by atoms with Gasteiger partial charge in [-0.15, -0.1) is 63.4 Å². The van der Waals surface area contributed by atoms with Gasteiger partial charge in [0.25, 0.3) is 0 Å². The number of halogens is 4. The van der Waals surface area contributed by atoms with Crippen LogP contribution in [0.5, 0.6) is 0 Å². The first kappa shape index (κ1) is 107. The van der Waals surface area contributed by atoms with Crippen LogP contribution in [-0.4, -0.2) is 168 Å². The third-order valence-corrected chi connectivity index (χ3v) is 24.8. The van der Waals surface area contributed by atoms with Crippen molar-refractivity contribution in [2.75, 3.05) is 156 Å². The molecule has 0 spiro atoms. The Kier molecular flexibility index (Phi) is 77.1. The smallest absolute Gasteiger partial charge is 0.108 e. The zero-order valence-corrected chi connectivity index (χ0v) is 79.9. The van der Waals surface area contributed by atoms with E-state index in [0.717, 1.165) is 0 Å². The van der Waals surface area contributed by atoms with E-state index in [0.29, 0.717) is 63.4 Å². The van der Waals surface area contributed by atoms with E-state index >= 15 is 0 Å². The largest absolute Gasteiger partial charge is 0.682 e. The molecule has 0 aromatic heterocycles. The third-order valence-electron chi connectivity index (χ3n) is 14.4. The SMILES string of the molecule is CP(C)CCP(C)C.CP(C)CCP(C)C.CP(C)CCP(C)C.CP(C)CCP(C)C.[C-]#CC#[C-].[C-]#CI.[C-]#CI.[C-]#CI.[C-]#CI.[Mn].[Mn].c1ccc([B-](c2ccccc2)(c2ccccc2)c2ccccc2)cc1.c1ccc([B-](c2ccccc2)(c2ccccc2)c2ccccc2)cc1. The van der Waals surface area contributed by atoms with Crippen LogP contribution in [0.3, 0.4) is 0 Å². The third kappa shape index (κ3) is 51.0. The molecule has 16 heteroatoms. The van der Waals surface area contributed by atoms with Crippen LogP contribution in [0.4, 0.5) is 0 Å². The van der Waals surface area contributed by atoms with Gasteiger partial charge in [-0.2, -0.15) is 43.7 Å². The van der Waals surface area contributed by atoms with Gasteiger partial charge in [0.15, 0.2) is 0 Å². The van der Waals surface area contributed by atoms with E-state index in [1.165, 1.54) is 93.0 Å². The fourth-order valence-electron chi connectivity index (χ4n) is 9.84. The molecule has 0 saturated heterocycles. The first-order valence-electron chi connectivity index (χ1n) is 31.8. The average molecular weight is 2000 g/mol. The summed E-state index contributed by atoms with van der Waals surface area (Å²) in [5, 5.41) is 0. The molecule has 0 atom stereocenters. The van der Waals surface area contributed by atoms with E-state index in [2.05, 4.69) is 349 Å². The molecule has 0 bridgehead atoms. The summed E-state index contributed by atoms with van der Waals surface area (Å²) >= 11 is 6.82. The fourth-order valence-corrected chi connectivity index (χ4v) is 22.6. The van der Waals surface area contributed by atoms with Crippen LogP contribution < -0.4 is 43.7 Å². The molecular weight excluding hydrogens is 1900 g/mol. The van der Waals surface area contributed by atoms with Gasteiger partial charge in [-0.05, 0) is 246 Å². The number of benzene rings is 8. The van der Waals surface area contributed by atoms with Crippen LogP contribution in [-0.2, 0) is 34.1 Å². The molecule has 100 heavy (non-hydrogen) atoms. The van der Waals surface area contributed by atoms with Gasteiger partial charge in [-0.25, -0.2) is 0 Å². The van der Waals surface area contributed by atoms with Crippen molar-refractivity contribution < 1.29 is 34.1 Å². The van der Waals surface area contributed by atoms with Gasteiger partial charge in [0.1, 0.15) is 12.3 Å². The van der Waals surface area contributed by atoms with Crippen molar-refractivity contribution in [3.8, 4) is 27.5 Å². The van der Waals surface area contributed by atoms with E-state index in [1.807, 2.05) is 15.7 Å². The van der Waals surface area contributed by atoms with Gasteiger partial charge < -0.3 is 50.4 Å². The first-order chi connectivity index (χ1) is 46.9. The van der Waals surface area contributed by atoms with Gasteiger partial charge in [0.05, 0.1) is 0 Å². The van der Waals surface area contributed by atoms with Gasteiger partial charge in [0, 0.05) is 34.1 Å². The summed E-state index contributed by atoms with van der Waals surface area (Å²) in [5.41, 5.74) is 10.7. The second kappa shape index (κ2) is 71.9. The van der Waals surface area contributed by atoms with Crippen molar-refractivity contribution in [1.82, 2.24) is 0 Å². The Labute approximate surface area is 700 Å². The summed E-state index contributed by atoms with van der Waals surface area (Å²) in [7, 11) is 3.07. The Morgan fingerprint density at radius 2 is 0.290 bits per heavy atom. The Hall–Kier alpha value is -1.35. The summed E-state index contributed by atoms with van der Waals surface area (Å²) in [6.45, 7) is 37.7. The van der Waals surface area contributed by atoms with Gasteiger partial charge in [0.2, 0.25) is 0 Å². The van der Waals surface area contributed by atoms with Crippen molar-refractivity contribution in [1.29, 1.82) is 0 Å². The standard InChI is InChI=1S/2C24H20B.4C6H16P2.C4.4C2I.2Mn/c2*1-5-13-21(14-6-1)25(22-15-7-2-8-16-22,23-17-9-3-10-18-23)24-19-11-4-12-20-24;4*1-7(2)5-6-8(3)4;1-3-4-2;4*1-2-3;;/h2*1-20H;4*5-6H2,1-4H3;;;;;;;/q2*-1;;;;;-2;4*-1;;. The summed E-state index contributed by atoms with van der Waals surface area (Å²) in [6.07, 6.45) is 45.0. The maximum Gasteiger partial charge on any atom is 0.108 e. The normalized spacial score (nSPS) is 9.62. The van der Waals surface area contributed by atoms with E-state index in [9.17, 15) is 0 Å². The monoisotopic (exact) mass is 2000 g/mol. The first-order valence-corrected chi connectivity index (χ1v) is 55.5. The molecule has 0 unspecified atom stereocenters. The van der Waals surface area contributed by atoms with Gasteiger partial charge in [-0.1, -0.05) is 243 Å². The van der Waals surface area contributed by atoms with Gasteiger partial charge >= 0.3 is 0 Å². The average Bonchev–Trinajstić information content (AvgIpc) is 0.750. The number of rotatable bonds is 20. The molecule has 0 N–H and O–H groups in total. The van der Waals surface area contributed by atoms with Gasteiger partial charge in [-0.3, -0.25) is 15.7 Å². The Bertz CT molecular complexity index is 2750. The van der Waals surface area contributed by atoms with E-state index in [-0.39, 0.29) is 34.1 Å². The van der Waals surface area contributed by atoms with Crippen molar-refractivity contribution in [3.63, 3.8) is 0 Å². The number of hydrogen-bond acceptors (Lipinski definition) is 0. The van der Waals surface area contributed by atoms with Crippen molar-refractivity contribution in [2.24, 2.45) is 0 Å². The predicted octanol–water partition coefficient (Wildman–Crippen LogP) is 20.0. The quantitative estimate of drug-likeness (QED) is 0.0235. The molecule has 0 amide bonds. The second-order valence-corrected chi connectivity index (χ2v) is 47.1. The summed E-state index contributed by atoms with van der Waals surface area (Å²) < 4.78 is 7.88. The molecule has 8 aromatic carbocycles. The maximum absolute atomic E-state index is 5.94. The van der Waals surface area contributed by atoms with Crippen molar-refractivity contribution >= 4 is 210 Å². The van der Waals surface area contributed by atoms with Crippen LogP contribution in [0.1, 0.15) is 0 Å². The summed E-state index contributed by atoms with van der Waals surface area (Å²) in [6, 6.07) is 87.1. The Morgan fingerprint density at radius 1 is 0.210 bits per heavy atom. The Balaban J connectivity index is -0.000000369. The zero-order valence-electron chi connectivity index (χ0n) is 61.8. The van der Waals surface area contributed by atoms with E-state index in [4.69, 9.17) is 38.5 Å². The van der Waals surface area contributed by atoms with Crippen molar-refractivity contribution in [2.45, 2.75) is 0 Å². The molecule has 0 heterocycles. The molecular formula is C84H104B2I4Mn2P8-8. The fraction of sp³-hybridized carbons (Fsp3) is 0.286. The summed E-state index contributed by atoms with van der Waals surface area (Å²) in [4.78, 5) is 0. The minimum Gasteiger partial charge on any atom is -0.682 e. The molecule has 0 nitrogen and oxygen atoms in total.